The smallest absolute Gasteiger partial charge is 0.137 e. The first-order valence-electron chi connectivity index (χ1n) is 7.44. The quantitative estimate of drug-likeness (QED) is 0.635. The van der Waals surface area contributed by atoms with Crippen LogP contribution < -0.4 is 10.1 Å². The number of rotatable bonds is 10. The molecule has 1 rings (SSSR count). The summed E-state index contributed by atoms with van der Waals surface area (Å²) in [5, 5.41) is 22.0. The molecule has 0 amide bonds. The topological polar surface area (TPSA) is 68.5 Å². The Morgan fingerprint density at radius 1 is 1.33 bits per heavy atom. The highest BCUT2D eigenvalue weighted by atomic mass is 16.5. The average Bonchev–Trinajstić information content (AvgIpc) is 2.53. The predicted molar refractivity (Wildman–Crippen MR) is 83.3 cm³/mol. The Labute approximate surface area is 127 Å². The minimum Gasteiger partial charge on any atom is -0.489 e. The molecule has 2 N–H and O–H groups in total. The van der Waals surface area contributed by atoms with E-state index in [1.54, 1.807) is 18.2 Å². The number of para-hydroxylation sites is 1. The number of benzene rings is 1. The molecule has 5 nitrogen and oxygen atoms in total. The molecule has 0 bridgehead atoms. The lowest BCUT2D eigenvalue weighted by Crippen LogP contribution is -2.37. The molecule has 0 fully saturated rings. The van der Waals surface area contributed by atoms with Crippen molar-refractivity contribution in [2.45, 2.75) is 20.0 Å². The van der Waals surface area contributed by atoms with E-state index in [-0.39, 0.29) is 6.61 Å². The lowest BCUT2D eigenvalue weighted by atomic mass is 10.2. The van der Waals surface area contributed by atoms with Gasteiger partial charge in [-0.25, -0.2) is 0 Å². The first kappa shape index (κ1) is 17.4. The summed E-state index contributed by atoms with van der Waals surface area (Å²) in [6.07, 6.45) is -0.589. The molecule has 5 heteroatoms. The average molecular weight is 291 g/mol. The number of aliphatic hydroxyl groups excluding tert-OH is 1. The van der Waals surface area contributed by atoms with Crippen LogP contribution in [0.2, 0.25) is 0 Å². The van der Waals surface area contributed by atoms with E-state index >= 15 is 0 Å². The SMILES string of the molecule is CCN(CC)CCNCC(O)COc1ccccc1C#N. The van der Waals surface area contributed by atoms with Gasteiger partial charge in [-0.1, -0.05) is 26.0 Å². The zero-order valence-corrected chi connectivity index (χ0v) is 12.9. The van der Waals surface area contributed by atoms with Gasteiger partial charge in [0.25, 0.3) is 0 Å². The van der Waals surface area contributed by atoms with Crippen molar-refractivity contribution < 1.29 is 9.84 Å². The zero-order chi connectivity index (χ0) is 15.5. The third-order valence-corrected chi connectivity index (χ3v) is 3.32. The lowest BCUT2D eigenvalue weighted by molar-refractivity contribution is 0.105. The van der Waals surface area contributed by atoms with Gasteiger partial charge in [0.05, 0.1) is 5.56 Å². The third-order valence-electron chi connectivity index (χ3n) is 3.32. The number of likely N-dealkylation sites (N-methyl/N-ethyl adjacent to an activating group) is 1. The maximum atomic E-state index is 9.87. The Bertz CT molecular complexity index is 441. The highest BCUT2D eigenvalue weighted by molar-refractivity contribution is 5.42. The van der Waals surface area contributed by atoms with Gasteiger partial charge in [0, 0.05) is 19.6 Å². The van der Waals surface area contributed by atoms with Crippen LogP contribution in [-0.4, -0.2) is 55.4 Å². The van der Waals surface area contributed by atoms with Crippen molar-refractivity contribution in [2.75, 3.05) is 39.3 Å². The van der Waals surface area contributed by atoms with Crippen LogP contribution in [0.3, 0.4) is 0 Å². The van der Waals surface area contributed by atoms with Gasteiger partial charge in [-0.3, -0.25) is 0 Å². The molecule has 21 heavy (non-hydrogen) atoms. The second-order valence-corrected chi connectivity index (χ2v) is 4.80. The Hall–Kier alpha value is -1.61. The van der Waals surface area contributed by atoms with Crippen molar-refractivity contribution in [3.8, 4) is 11.8 Å². The molecular weight excluding hydrogens is 266 g/mol. The van der Waals surface area contributed by atoms with E-state index in [2.05, 4.69) is 30.1 Å². The van der Waals surface area contributed by atoms with Crippen molar-refractivity contribution in [1.82, 2.24) is 10.2 Å². The second kappa shape index (κ2) is 10.2. The van der Waals surface area contributed by atoms with E-state index in [0.717, 1.165) is 26.2 Å². The van der Waals surface area contributed by atoms with Crippen molar-refractivity contribution in [3.05, 3.63) is 29.8 Å². The first-order chi connectivity index (χ1) is 10.2. The first-order valence-corrected chi connectivity index (χ1v) is 7.44. The number of aliphatic hydroxyl groups is 1. The van der Waals surface area contributed by atoms with Gasteiger partial charge in [0.15, 0.2) is 0 Å². The van der Waals surface area contributed by atoms with Crippen LogP contribution in [0.5, 0.6) is 5.75 Å². The van der Waals surface area contributed by atoms with Crippen molar-refractivity contribution in [1.29, 1.82) is 5.26 Å². The number of nitriles is 1. The highest BCUT2D eigenvalue weighted by Gasteiger charge is 2.07. The van der Waals surface area contributed by atoms with E-state index < -0.39 is 6.10 Å². The number of nitrogens with one attached hydrogen (secondary N) is 1. The summed E-state index contributed by atoms with van der Waals surface area (Å²) >= 11 is 0. The molecule has 0 aliphatic heterocycles. The van der Waals surface area contributed by atoms with Gasteiger partial charge in [-0.05, 0) is 25.2 Å². The summed E-state index contributed by atoms with van der Waals surface area (Å²) in [4.78, 5) is 2.32. The van der Waals surface area contributed by atoms with Gasteiger partial charge in [-0.2, -0.15) is 5.26 Å². The molecule has 0 radical (unpaired) electrons. The van der Waals surface area contributed by atoms with E-state index in [1.165, 1.54) is 0 Å². The Kier molecular flexibility index (Phi) is 8.44. The van der Waals surface area contributed by atoms with Crippen LogP contribution in [0, 0.1) is 11.3 Å². The molecule has 0 saturated heterocycles. The van der Waals surface area contributed by atoms with Gasteiger partial charge < -0.3 is 20.1 Å². The van der Waals surface area contributed by atoms with E-state index in [0.29, 0.717) is 17.9 Å². The second-order valence-electron chi connectivity index (χ2n) is 4.80. The molecule has 1 unspecified atom stereocenters. The summed E-state index contributed by atoms with van der Waals surface area (Å²) in [6.45, 7) is 8.82. The monoisotopic (exact) mass is 291 g/mol. The summed E-state index contributed by atoms with van der Waals surface area (Å²) in [6, 6.07) is 9.10. The lowest BCUT2D eigenvalue weighted by Gasteiger charge is -2.19. The normalized spacial score (nSPS) is 12.1. The van der Waals surface area contributed by atoms with E-state index in [4.69, 9.17) is 10.00 Å². The van der Waals surface area contributed by atoms with Crippen molar-refractivity contribution in [3.63, 3.8) is 0 Å². The van der Waals surface area contributed by atoms with Gasteiger partial charge in [0.2, 0.25) is 0 Å². The molecular formula is C16H25N3O2. The van der Waals surface area contributed by atoms with Gasteiger partial charge in [-0.15, -0.1) is 0 Å². The Balaban J connectivity index is 2.22. The number of hydrogen-bond acceptors (Lipinski definition) is 5. The molecule has 0 spiro atoms. The molecule has 116 valence electrons. The maximum absolute atomic E-state index is 9.87. The molecule has 0 aliphatic carbocycles. The van der Waals surface area contributed by atoms with E-state index in [9.17, 15) is 5.11 Å². The molecule has 0 aromatic heterocycles. The minimum absolute atomic E-state index is 0.178. The molecule has 1 aromatic carbocycles. The van der Waals surface area contributed by atoms with Gasteiger partial charge in [0.1, 0.15) is 24.5 Å². The number of ether oxygens (including phenoxy) is 1. The van der Waals surface area contributed by atoms with Crippen LogP contribution in [0.25, 0.3) is 0 Å². The van der Waals surface area contributed by atoms with E-state index in [1.807, 2.05) is 6.07 Å². The van der Waals surface area contributed by atoms with Gasteiger partial charge >= 0.3 is 0 Å². The number of nitrogens with zero attached hydrogens (tertiary/aromatic N) is 2. The summed E-state index contributed by atoms with van der Waals surface area (Å²) in [7, 11) is 0. The summed E-state index contributed by atoms with van der Waals surface area (Å²) in [5.74, 6) is 0.516. The highest BCUT2D eigenvalue weighted by Crippen LogP contribution is 2.16. The largest absolute Gasteiger partial charge is 0.489 e. The third kappa shape index (κ3) is 6.58. The summed E-state index contributed by atoms with van der Waals surface area (Å²) < 4.78 is 5.49. The molecule has 0 saturated carbocycles. The molecule has 0 heterocycles. The van der Waals surface area contributed by atoms with Crippen LogP contribution in [0.4, 0.5) is 0 Å². The molecule has 1 aromatic rings. The summed E-state index contributed by atoms with van der Waals surface area (Å²) in [5.41, 5.74) is 0.485. The van der Waals surface area contributed by atoms with Crippen molar-refractivity contribution >= 4 is 0 Å². The maximum Gasteiger partial charge on any atom is 0.137 e. The van der Waals surface area contributed by atoms with Crippen LogP contribution in [0.15, 0.2) is 24.3 Å². The molecule has 0 aliphatic rings. The Morgan fingerprint density at radius 3 is 2.71 bits per heavy atom. The molecule has 1 atom stereocenters. The van der Waals surface area contributed by atoms with Crippen LogP contribution >= 0.6 is 0 Å². The van der Waals surface area contributed by atoms with Crippen molar-refractivity contribution in [2.24, 2.45) is 0 Å². The minimum atomic E-state index is -0.589. The Morgan fingerprint density at radius 2 is 2.05 bits per heavy atom. The predicted octanol–water partition coefficient (Wildman–Crippen LogP) is 1.23. The van der Waals surface area contributed by atoms with Crippen LogP contribution in [0.1, 0.15) is 19.4 Å². The fraction of sp³-hybridized carbons (Fsp3) is 0.562. The fourth-order valence-corrected chi connectivity index (χ4v) is 1.98. The zero-order valence-electron chi connectivity index (χ0n) is 12.9. The standard InChI is InChI=1S/C16H25N3O2/c1-3-19(4-2)10-9-18-12-15(20)13-21-16-8-6-5-7-14(16)11-17/h5-8,15,18,20H,3-4,9-10,12-13H2,1-2H3. The van der Waals surface area contributed by atoms with Crippen LogP contribution in [-0.2, 0) is 0 Å². The number of hydrogen-bond donors (Lipinski definition) is 2. The fourth-order valence-electron chi connectivity index (χ4n) is 1.98.